The molecule has 0 amide bonds. The summed E-state index contributed by atoms with van der Waals surface area (Å²) < 4.78 is 0. The molecule has 0 aliphatic rings. The van der Waals surface area contributed by atoms with Crippen LogP contribution in [0.4, 0.5) is 0 Å². The Kier molecular flexibility index (Phi) is 7.86. The van der Waals surface area contributed by atoms with Crippen LogP contribution in [0.3, 0.4) is 0 Å². The molecule has 0 radical (unpaired) electrons. The van der Waals surface area contributed by atoms with Gasteiger partial charge >= 0.3 is 0 Å². The second-order valence-corrected chi connectivity index (χ2v) is 6.01. The summed E-state index contributed by atoms with van der Waals surface area (Å²) in [6, 6.07) is 10.0. The molecule has 1 aromatic rings. The van der Waals surface area contributed by atoms with Gasteiger partial charge in [0.25, 0.3) is 0 Å². The Hall–Kier alpha value is -0.860. The molecule has 20 heavy (non-hydrogen) atoms. The van der Waals surface area contributed by atoms with Crippen molar-refractivity contribution in [1.29, 1.82) is 0 Å². The predicted molar refractivity (Wildman–Crippen MR) is 89.2 cm³/mol. The number of hydrogen-bond acceptors (Lipinski definition) is 2. The van der Waals surface area contributed by atoms with E-state index in [1.165, 1.54) is 30.5 Å². The summed E-state index contributed by atoms with van der Waals surface area (Å²) in [7, 11) is 0. The van der Waals surface area contributed by atoms with E-state index >= 15 is 0 Å². The molecule has 2 heteroatoms. The fourth-order valence-electron chi connectivity index (χ4n) is 2.49. The first kappa shape index (κ1) is 17.2. The van der Waals surface area contributed by atoms with Crippen LogP contribution in [-0.4, -0.2) is 30.6 Å². The summed E-state index contributed by atoms with van der Waals surface area (Å²) >= 11 is 0. The molecule has 0 fully saturated rings. The molecule has 1 atom stereocenters. The molecule has 1 unspecified atom stereocenters. The van der Waals surface area contributed by atoms with Gasteiger partial charge in [-0.05, 0) is 52.3 Å². The molecule has 1 N–H and O–H groups in total. The molecule has 0 saturated carbocycles. The quantitative estimate of drug-likeness (QED) is 0.728. The summed E-state index contributed by atoms with van der Waals surface area (Å²) in [6.07, 6.45) is 2.39. The van der Waals surface area contributed by atoms with Gasteiger partial charge in [0.1, 0.15) is 0 Å². The van der Waals surface area contributed by atoms with Crippen molar-refractivity contribution in [1.82, 2.24) is 10.2 Å². The Morgan fingerprint density at radius 1 is 1.05 bits per heavy atom. The summed E-state index contributed by atoms with van der Waals surface area (Å²) in [5.74, 6) is 0. The van der Waals surface area contributed by atoms with Crippen LogP contribution in [0.15, 0.2) is 24.3 Å². The molecular formula is C18H32N2. The Morgan fingerprint density at radius 2 is 1.70 bits per heavy atom. The van der Waals surface area contributed by atoms with Crippen molar-refractivity contribution in [2.24, 2.45) is 0 Å². The Labute approximate surface area is 125 Å². The zero-order chi connectivity index (χ0) is 15.0. The highest BCUT2D eigenvalue weighted by molar-refractivity contribution is 5.24. The van der Waals surface area contributed by atoms with E-state index in [0.717, 1.165) is 13.1 Å². The first-order valence-electron chi connectivity index (χ1n) is 8.12. The largest absolute Gasteiger partial charge is 0.309 e. The van der Waals surface area contributed by atoms with E-state index in [-0.39, 0.29) is 0 Å². The third kappa shape index (κ3) is 5.64. The highest BCUT2D eigenvalue weighted by Gasteiger charge is 2.17. The number of nitrogens with one attached hydrogen (secondary N) is 1. The summed E-state index contributed by atoms with van der Waals surface area (Å²) in [5, 5.41) is 3.71. The van der Waals surface area contributed by atoms with Gasteiger partial charge < -0.3 is 5.32 Å². The molecule has 114 valence electrons. The lowest BCUT2D eigenvalue weighted by Gasteiger charge is -2.31. The number of aryl methyl sites for hydroxylation is 1. The molecule has 0 spiro atoms. The molecular weight excluding hydrogens is 244 g/mol. The lowest BCUT2D eigenvalue weighted by molar-refractivity contribution is 0.197. The van der Waals surface area contributed by atoms with Gasteiger partial charge in [-0.3, -0.25) is 4.90 Å². The van der Waals surface area contributed by atoms with E-state index < -0.39 is 0 Å². The summed E-state index contributed by atoms with van der Waals surface area (Å²) in [4.78, 5) is 2.58. The van der Waals surface area contributed by atoms with Crippen LogP contribution >= 0.6 is 0 Å². The van der Waals surface area contributed by atoms with Crippen LogP contribution < -0.4 is 5.32 Å². The molecule has 2 nitrogen and oxygen atoms in total. The zero-order valence-corrected chi connectivity index (χ0v) is 13.9. The van der Waals surface area contributed by atoms with Gasteiger partial charge in [-0.15, -0.1) is 0 Å². The van der Waals surface area contributed by atoms with Gasteiger partial charge in [0.05, 0.1) is 0 Å². The van der Waals surface area contributed by atoms with Crippen LogP contribution in [0, 0.1) is 6.92 Å². The van der Waals surface area contributed by atoms with E-state index in [1.807, 2.05) is 0 Å². The second-order valence-electron chi connectivity index (χ2n) is 6.01. The SMILES string of the molecule is CCCNC(CN(CCC)C(C)C)c1ccc(C)cc1. The molecule has 0 saturated heterocycles. The monoisotopic (exact) mass is 276 g/mol. The lowest BCUT2D eigenvalue weighted by atomic mass is 10.0. The van der Waals surface area contributed by atoms with Gasteiger partial charge in [0.15, 0.2) is 0 Å². The number of nitrogens with zero attached hydrogens (tertiary/aromatic N) is 1. The Morgan fingerprint density at radius 3 is 2.20 bits per heavy atom. The third-order valence-electron chi connectivity index (χ3n) is 3.78. The molecule has 0 aliphatic heterocycles. The van der Waals surface area contributed by atoms with E-state index in [2.05, 4.69) is 69.1 Å². The van der Waals surface area contributed by atoms with Crippen LogP contribution in [0.1, 0.15) is 57.7 Å². The minimum atomic E-state index is 0.435. The summed E-state index contributed by atoms with van der Waals surface area (Å²) in [6.45, 7) is 14.6. The second kappa shape index (κ2) is 9.15. The van der Waals surface area contributed by atoms with Crippen LogP contribution in [0.25, 0.3) is 0 Å². The van der Waals surface area contributed by atoms with Crippen molar-refractivity contribution < 1.29 is 0 Å². The maximum absolute atomic E-state index is 3.71. The average molecular weight is 276 g/mol. The van der Waals surface area contributed by atoms with Crippen molar-refractivity contribution in [2.75, 3.05) is 19.6 Å². The normalized spacial score (nSPS) is 13.2. The van der Waals surface area contributed by atoms with Gasteiger partial charge in [0, 0.05) is 18.6 Å². The molecule has 0 aliphatic carbocycles. The van der Waals surface area contributed by atoms with E-state index in [0.29, 0.717) is 12.1 Å². The zero-order valence-electron chi connectivity index (χ0n) is 13.9. The Balaban J connectivity index is 2.79. The van der Waals surface area contributed by atoms with E-state index in [9.17, 15) is 0 Å². The molecule has 0 bridgehead atoms. The first-order valence-corrected chi connectivity index (χ1v) is 8.12. The average Bonchev–Trinajstić information content (AvgIpc) is 2.43. The van der Waals surface area contributed by atoms with Crippen molar-refractivity contribution in [3.63, 3.8) is 0 Å². The maximum Gasteiger partial charge on any atom is 0.0449 e. The van der Waals surface area contributed by atoms with E-state index in [4.69, 9.17) is 0 Å². The van der Waals surface area contributed by atoms with Crippen molar-refractivity contribution >= 4 is 0 Å². The van der Waals surface area contributed by atoms with E-state index in [1.54, 1.807) is 0 Å². The topological polar surface area (TPSA) is 15.3 Å². The highest BCUT2D eigenvalue weighted by Crippen LogP contribution is 2.17. The molecule has 0 aromatic heterocycles. The molecule has 1 rings (SSSR count). The lowest BCUT2D eigenvalue weighted by Crippen LogP contribution is -2.39. The third-order valence-corrected chi connectivity index (χ3v) is 3.78. The minimum Gasteiger partial charge on any atom is -0.309 e. The van der Waals surface area contributed by atoms with Crippen LogP contribution in [0.5, 0.6) is 0 Å². The summed E-state index contributed by atoms with van der Waals surface area (Å²) in [5.41, 5.74) is 2.74. The number of rotatable bonds is 9. The van der Waals surface area contributed by atoms with Gasteiger partial charge in [0.2, 0.25) is 0 Å². The minimum absolute atomic E-state index is 0.435. The standard InChI is InChI=1S/C18H32N2/c1-6-12-19-18(14-20(13-7-2)15(3)4)17-10-8-16(5)9-11-17/h8-11,15,18-19H,6-7,12-14H2,1-5H3. The fraction of sp³-hybridized carbons (Fsp3) is 0.667. The Bertz CT molecular complexity index is 356. The molecule has 0 heterocycles. The smallest absolute Gasteiger partial charge is 0.0449 e. The van der Waals surface area contributed by atoms with Gasteiger partial charge in [-0.2, -0.15) is 0 Å². The number of benzene rings is 1. The van der Waals surface area contributed by atoms with Crippen molar-refractivity contribution in [2.45, 2.75) is 59.5 Å². The highest BCUT2D eigenvalue weighted by atomic mass is 15.2. The van der Waals surface area contributed by atoms with Crippen molar-refractivity contribution in [3.8, 4) is 0 Å². The number of hydrogen-bond donors (Lipinski definition) is 1. The fourth-order valence-corrected chi connectivity index (χ4v) is 2.49. The van der Waals surface area contributed by atoms with Gasteiger partial charge in [-0.1, -0.05) is 43.7 Å². The first-order chi connectivity index (χ1) is 9.58. The van der Waals surface area contributed by atoms with Crippen LogP contribution in [0.2, 0.25) is 0 Å². The van der Waals surface area contributed by atoms with Crippen molar-refractivity contribution in [3.05, 3.63) is 35.4 Å². The van der Waals surface area contributed by atoms with Crippen LogP contribution in [-0.2, 0) is 0 Å². The predicted octanol–water partition coefficient (Wildman–Crippen LogP) is 4.16. The maximum atomic E-state index is 3.71. The van der Waals surface area contributed by atoms with Gasteiger partial charge in [-0.25, -0.2) is 0 Å². The molecule has 1 aromatic carbocycles.